The third-order valence-electron chi connectivity index (χ3n) is 12.5. The maximum absolute atomic E-state index is 14.9. The van der Waals surface area contributed by atoms with E-state index in [1.54, 1.807) is 83.1 Å². The summed E-state index contributed by atoms with van der Waals surface area (Å²) in [5.41, 5.74) is -7.66. The summed E-state index contributed by atoms with van der Waals surface area (Å²) < 4.78 is 29.1. The van der Waals surface area contributed by atoms with Crippen molar-refractivity contribution in [3.63, 3.8) is 0 Å². The van der Waals surface area contributed by atoms with Gasteiger partial charge in [0.05, 0.1) is 29.7 Å². The highest BCUT2D eigenvalue weighted by molar-refractivity contribution is 5.94. The highest BCUT2D eigenvalue weighted by atomic mass is 16.6. The molecule has 5 N–H and O–H groups in total. The van der Waals surface area contributed by atoms with E-state index >= 15 is 0 Å². The molecule has 1 saturated heterocycles. The molecule has 1 heterocycles. The van der Waals surface area contributed by atoms with E-state index in [1.807, 2.05) is 0 Å². The van der Waals surface area contributed by atoms with Crippen LogP contribution in [0.3, 0.4) is 0 Å². The molecule has 0 aromatic heterocycles. The fourth-order valence-electron chi connectivity index (χ4n) is 9.43. The van der Waals surface area contributed by atoms with Crippen molar-refractivity contribution in [2.45, 2.75) is 128 Å². The molecule has 2 aromatic carbocycles. The Balaban J connectivity index is 1.46. The molecule has 15 nitrogen and oxygen atoms in total. The first-order valence-electron chi connectivity index (χ1n) is 19.3. The van der Waals surface area contributed by atoms with Crippen LogP contribution in [-0.4, -0.2) is 110 Å². The minimum Gasteiger partial charge on any atom is -0.456 e. The second-order valence-electron chi connectivity index (χ2n) is 17.6. The fraction of sp³-hybridized carbons (Fsp3) is 0.558. The molecule has 3 aliphatic carbocycles. The van der Waals surface area contributed by atoms with Crippen LogP contribution in [-0.2, 0) is 38.1 Å². The molecule has 3 fully saturated rings. The normalized spacial score (nSPS) is 33.7. The molecule has 1 unspecified atom stereocenters. The summed E-state index contributed by atoms with van der Waals surface area (Å²) in [6.07, 6.45) is -11.7. The summed E-state index contributed by atoms with van der Waals surface area (Å²) in [4.78, 5) is 68.3. The van der Waals surface area contributed by atoms with Crippen LogP contribution < -0.4 is 5.32 Å². The number of hydrogen-bond acceptors (Lipinski definition) is 14. The number of nitrogens with one attached hydrogen (secondary N) is 1. The lowest BCUT2D eigenvalue weighted by Crippen LogP contribution is -2.79. The molecule has 6 rings (SSSR count). The zero-order chi connectivity index (χ0) is 42.7. The molecule has 314 valence electrons. The van der Waals surface area contributed by atoms with Crippen LogP contribution in [0.5, 0.6) is 0 Å². The average molecular weight is 808 g/mol. The molecule has 2 aromatic rings. The minimum atomic E-state index is -2.28. The zero-order valence-corrected chi connectivity index (χ0v) is 33.9. The lowest BCUT2D eigenvalue weighted by molar-refractivity contribution is -0.332. The Morgan fingerprint density at radius 1 is 0.931 bits per heavy atom. The van der Waals surface area contributed by atoms with Crippen molar-refractivity contribution in [3.8, 4) is 0 Å². The van der Waals surface area contributed by atoms with E-state index in [4.69, 9.17) is 23.7 Å². The predicted molar refractivity (Wildman–Crippen MR) is 204 cm³/mol. The maximum Gasteiger partial charge on any atom is 0.408 e. The van der Waals surface area contributed by atoms with E-state index in [1.165, 1.54) is 32.9 Å². The average Bonchev–Trinajstić information content (AvgIpc) is 3.14. The first-order valence-corrected chi connectivity index (χ1v) is 19.3. The number of ketones is 1. The van der Waals surface area contributed by atoms with Gasteiger partial charge in [0.1, 0.15) is 35.6 Å². The summed E-state index contributed by atoms with van der Waals surface area (Å²) in [6, 6.07) is 14.7. The van der Waals surface area contributed by atoms with Crippen LogP contribution in [0.2, 0.25) is 0 Å². The second kappa shape index (κ2) is 15.2. The summed E-state index contributed by atoms with van der Waals surface area (Å²) in [6.45, 7) is 12.0. The van der Waals surface area contributed by atoms with Crippen LogP contribution in [0, 0.1) is 16.7 Å². The van der Waals surface area contributed by atoms with Gasteiger partial charge in [0.15, 0.2) is 17.5 Å². The third-order valence-corrected chi connectivity index (χ3v) is 12.5. The van der Waals surface area contributed by atoms with Crippen molar-refractivity contribution in [1.82, 2.24) is 5.32 Å². The number of rotatable bonds is 8. The number of alkyl carbamates (subject to hydrolysis) is 1. The molecule has 1 aliphatic heterocycles. The Kier molecular flexibility index (Phi) is 11.2. The number of ether oxygens (including phenoxy) is 5. The van der Waals surface area contributed by atoms with E-state index in [-0.39, 0.29) is 29.7 Å². The lowest BCUT2D eigenvalue weighted by Gasteiger charge is -2.65. The van der Waals surface area contributed by atoms with E-state index in [2.05, 4.69) is 5.32 Å². The molecular formula is C43H53NO14. The number of carbonyl (C=O) groups excluding carboxylic acids is 5. The van der Waals surface area contributed by atoms with E-state index in [0.717, 1.165) is 0 Å². The number of benzene rings is 2. The minimum absolute atomic E-state index is 0.0518. The van der Waals surface area contributed by atoms with Gasteiger partial charge in [-0.3, -0.25) is 9.59 Å². The van der Waals surface area contributed by atoms with Crippen molar-refractivity contribution >= 4 is 29.8 Å². The smallest absolute Gasteiger partial charge is 0.408 e. The molecule has 0 radical (unpaired) electrons. The number of esters is 3. The first-order chi connectivity index (χ1) is 27.0. The molecular weight excluding hydrogens is 754 g/mol. The van der Waals surface area contributed by atoms with Gasteiger partial charge < -0.3 is 49.4 Å². The largest absolute Gasteiger partial charge is 0.456 e. The van der Waals surface area contributed by atoms with Gasteiger partial charge in [-0.15, -0.1) is 0 Å². The van der Waals surface area contributed by atoms with Gasteiger partial charge in [-0.1, -0.05) is 62.4 Å². The number of carbonyl (C=O) groups is 5. The fourth-order valence-corrected chi connectivity index (χ4v) is 9.43. The van der Waals surface area contributed by atoms with Gasteiger partial charge in [0.2, 0.25) is 0 Å². The molecule has 1 amide bonds. The van der Waals surface area contributed by atoms with Crippen LogP contribution in [0.1, 0.15) is 90.2 Å². The highest BCUT2D eigenvalue weighted by Gasteiger charge is 2.75. The van der Waals surface area contributed by atoms with Gasteiger partial charge in [0, 0.05) is 24.7 Å². The van der Waals surface area contributed by atoms with Gasteiger partial charge in [-0.2, -0.15) is 0 Å². The van der Waals surface area contributed by atoms with Gasteiger partial charge >= 0.3 is 24.0 Å². The topological polar surface area (TPSA) is 224 Å². The molecule has 11 atom stereocenters. The van der Waals surface area contributed by atoms with Crippen LogP contribution >= 0.6 is 0 Å². The summed E-state index contributed by atoms with van der Waals surface area (Å²) in [7, 11) is 0. The van der Waals surface area contributed by atoms with Gasteiger partial charge in [0.25, 0.3) is 0 Å². The number of fused-ring (bicyclic) bond motifs is 4. The zero-order valence-electron chi connectivity index (χ0n) is 33.9. The number of hydrogen-bond donors (Lipinski definition) is 5. The summed E-state index contributed by atoms with van der Waals surface area (Å²) in [5, 5.41) is 51.6. The number of aliphatic hydroxyl groups excluding tert-OH is 3. The maximum atomic E-state index is 14.9. The van der Waals surface area contributed by atoms with Gasteiger partial charge in [-0.25, -0.2) is 14.4 Å². The Labute approximate surface area is 336 Å². The Hall–Kier alpha value is -4.67. The van der Waals surface area contributed by atoms with Crippen LogP contribution in [0.4, 0.5) is 4.79 Å². The van der Waals surface area contributed by atoms with E-state index in [0.29, 0.717) is 5.56 Å². The monoisotopic (exact) mass is 807 g/mol. The number of Topliss-reactive ketones (excluding diaryl/α,β-unsaturated/α-hetero) is 1. The molecule has 58 heavy (non-hydrogen) atoms. The first kappa shape index (κ1) is 42.9. The molecule has 15 heteroatoms. The number of aliphatic hydroxyl groups is 4. The van der Waals surface area contributed by atoms with Crippen LogP contribution in [0.25, 0.3) is 0 Å². The predicted octanol–water partition coefficient (Wildman–Crippen LogP) is 3.26. The standard InChI is InChI=1S/C43H53NO14/c1-22-27(55-37(51)31(47)29(24-15-11-9-12-16-24)44-38(52)58-39(3,4)5)20-43(53)34(56-36(50)25-17-13-10-14-18-25)26-19-42(57-23(2)45)21-54-35(42)33(49)41(26,8)32(48)30(46)28(22)40(43,6)7/h9-18,26-27,29-31,33-35,46-47,49,53H,19-21H2,1-8H3,(H,44,52)/t26-,27?,29-,30+,31+,33-,34-,35+,41+,42-,43+/m0/s1. The summed E-state index contributed by atoms with van der Waals surface area (Å²) in [5.74, 6) is -5.02. The van der Waals surface area contributed by atoms with Gasteiger partial charge in [-0.05, 0) is 69.9 Å². The molecule has 2 saturated carbocycles. The Bertz CT molecular complexity index is 1980. The van der Waals surface area contributed by atoms with Crippen molar-refractivity contribution in [3.05, 3.63) is 82.9 Å². The SMILES string of the molecule is CC(=O)O[C@@]12CO[C@@H]1[C@H](O)[C@@]1(C)C(=O)[C@H](O)C3=C(C)C(OC(=O)[C@H](O)[C@@H](NC(=O)OC(C)(C)C)c4ccccc4)C[C@@](O)([C@@H](OC(=O)c4ccccc4)[C@@H]1C2)C3(C)C. The summed E-state index contributed by atoms with van der Waals surface area (Å²) >= 11 is 0. The van der Waals surface area contributed by atoms with Crippen molar-refractivity contribution in [2.24, 2.45) is 16.7 Å². The highest BCUT2D eigenvalue weighted by Crippen LogP contribution is 2.62. The third kappa shape index (κ3) is 7.21. The Morgan fingerprint density at radius 3 is 2.09 bits per heavy atom. The van der Waals surface area contributed by atoms with Crippen molar-refractivity contribution < 1.29 is 68.1 Å². The van der Waals surface area contributed by atoms with E-state index < -0.39 is 112 Å². The Morgan fingerprint density at radius 2 is 1.53 bits per heavy atom. The molecule has 0 spiro atoms. The van der Waals surface area contributed by atoms with Crippen molar-refractivity contribution in [2.75, 3.05) is 6.61 Å². The van der Waals surface area contributed by atoms with Crippen molar-refractivity contribution in [1.29, 1.82) is 0 Å². The number of amides is 1. The quantitative estimate of drug-likeness (QED) is 0.147. The molecule has 2 bridgehead atoms. The lowest BCUT2D eigenvalue weighted by atomic mass is 9.46. The van der Waals surface area contributed by atoms with Crippen LogP contribution in [0.15, 0.2) is 71.8 Å². The molecule has 4 aliphatic rings. The van der Waals surface area contributed by atoms with E-state index in [9.17, 15) is 44.4 Å². The second-order valence-corrected chi connectivity index (χ2v) is 17.6.